The second-order valence-electron chi connectivity index (χ2n) is 6.98. The van der Waals surface area contributed by atoms with Gasteiger partial charge in [-0.25, -0.2) is 0 Å². The van der Waals surface area contributed by atoms with Gasteiger partial charge in [0.15, 0.2) is 0 Å². The molecule has 2 aromatic rings. The van der Waals surface area contributed by atoms with Crippen molar-refractivity contribution in [1.82, 2.24) is 0 Å². The van der Waals surface area contributed by atoms with Gasteiger partial charge < -0.3 is 10.4 Å². The van der Waals surface area contributed by atoms with E-state index in [4.69, 9.17) is 0 Å². The van der Waals surface area contributed by atoms with Gasteiger partial charge in [-0.05, 0) is 42.5 Å². The summed E-state index contributed by atoms with van der Waals surface area (Å²) in [6, 6.07) is 10.5. The standard InChI is InChI=1S/C20H17F6NO2/c21-19(22,23)18(29,20(24,25)26)15-7-9-16(10-8-15)27-17(28)14-6-5-12-3-1-2-4-13(12)11-14/h1-4,7-10,14,29H,5-6,11H2,(H,27,28). The zero-order chi connectivity index (χ0) is 21.4. The summed E-state index contributed by atoms with van der Waals surface area (Å²) in [5.41, 5.74) is -4.13. The quantitative estimate of drug-likeness (QED) is 0.709. The Morgan fingerprint density at radius 1 is 0.897 bits per heavy atom. The van der Waals surface area contributed by atoms with Crippen LogP contribution in [0.15, 0.2) is 48.5 Å². The number of amides is 1. The van der Waals surface area contributed by atoms with Crippen molar-refractivity contribution in [3.8, 4) is 0 Å². The molecular formula is C20H17F6NO2. The molecule has 2 N–H and O–H groups in total. The average Bonchev–Trinajstić information content (AvgIpc) is 2.65. The fraction of sp³-hybridized carbons (Fsp3) is 0.350. The molecule has 29 heavy (non-hydrogen) atoms. The summed E-state index contributed by atoms with van der Waals surface area (Å²) in [5.74, 6) is -0.721. The van der Waals surface area contributed by atoms with Crippen molar-refractivity contribution in [1.29, 1.82) is 0 Å². The molecule has 156 valence electrons. The molecule has 0 fully saturated rings. The molecular weight excluding hydrogens is 400 g/mol. The number of nitrogens with one attached hydrogen (secondary N) is 1. The third-order valence-electron chi connectivity index (χ3n) is 5.11. The van der Waals surface area contributed by atoms with Crippen LogP contribution in [0.25, 0.3) is 0 Å². The molecule has 3 nitrogen and oxygen atoms in total. The lowest BCUT2D eigenvalue weighted by atomic mass is 9.83. The van der Waals surface area contributed by atoms with Crippen LogP contribution in [0.5, 0.6) is 0 Å². The van der Waals surface area contributed by atoms with Crippen LogP contribution in [0.3, 0.4) is 0 Å². The first-order valence-corrected chi connectivity index (χ1v) is 8.77. The highest BCUT2D eigenvalue weighted by atomic mass is 19.4. The first-order chi connectivity index (χ1) is 13.4. The lowest BCUT2D eigenvalue weighted by Crippen LogP contribution is -2.53. The molecule has 1 aliphatic rings. The van der Waals surface area contributed by atoms with Crippen LogP contribution >= 0.6 is 0 Å². The van der Waals surface area contributed by atoms with Crippen LogP contribution < -0.4 is 5.32 Å². The van der Waals surface area contributed by atoms with Crippen LogP contribution in [-0.2, 0) is 23.2 Å². The van der Waals surface area contributed by atoms with Crippen molar-refractivity contribution in [2.75, 3.05) is 5.32 Å². The van der Waals surface area contributed by atoms with E-state index in [1.165, 1.54) is 0 Å². The van der Waals surface area contributed by atoms with E-state index in [2.05, 4.69) is 5.32 Å². The number of fused-ring (bicyclic) bond motifs is 1. The van der Waals surface area contributed by atoms with Crippen LogP contribution in [0, 0.1) is 5.92 Å². The minimum atomic E-state index is -5.95. The van der Waals surface area contributed by atoms with E-state index in [0.717, 1.165) is 23.3 Å². The number of aryl methyl sites for hydroxylation is 1. The van der Waals surface area contributed by atoms with Crippen LogP contribution in [0.2, 0.25) is 0 Å². The Morgan fingerprint density at radius 3 is 2.00 bits per heavy atom. The Hall–Kier alpha value is -2.55. The van der Waals surface area contributed by atoms with Crippen molar-refractivity contribution < 1.29 is 36.2 Å². The SMILES string of the molecule is O=C(Nc1ccc(C(O)(C(F)(F)F)C(F)(F)F)cc1)C1CCc2ccccc2C1. The Labute approximate surface area is 162 Å². The van der Waals surface area contributed by atoms with E-state index in [-0.39, 0.29) is 17.5 Å². The summed E-state index contributed by atoms with van der Waals surface area (Å²) >= 11 is 0. The maximum Gasteiger partial charge on any atom is 0.430 e. The van der Waals surface area contributed by atoms with Crippen molar-refractivity contribution >= 4 is 11.6 Å². The number of rotatable bonds is 3. The van der Waals surface area contributed by atoms with Gasteiger partial charge in [-0.3, -0.25) is 4.79 Å². The molecule has 3 rings (SSSR count). The van der Waals surface area contributed by atoms with E-state index in [1.807, 2.05) is 24.3 Å². The summed E-state index contributed by atoms with van der Waals surface area (Å²) in [6.45, 7) is 0. The van der Waals surface area contributed by atoms with E-state index in [1.54, 1.807) is 0 Å². The molecule has 0 heterocycles. The predicted molar refractivity (Wildman–Crippen MR) is 93.0 cm³/mol. The van der Waals surface area contributed by atoms with Gasteiger partial charge in [-0.2, -0.15) is 26.3 Å². The molecule has 1 aliphatic carbocycles. The zero-order valence-electron chi connectivity index (χ0n) is 14.9. The van der Waals surface area contributed by atoms with Gasteiger partial charge in [0, 0.05) is 17.2 Å². The van der Waals surface area contributed by atoms with Crippen molar-refractivity contribution in [2.24, 2.45) is 5.92 Å². The number of carbonyl (C=O) groups is 1. The first kappa shape index (κ1) is 21.2. The van der Waals surface area contributed by atoms with Crippen LogP contribution in [-0.4, -0.2) is 23.4 Å². The highest BCUT2D eigenvalue weighted by Gasteiger charge is 2.71. The maximum absolute atomic E-state index is 12.9. The summed E-state index contributed by atoms with van der Waals surface area (Å²) in [5, 5.41) is 11.9. The van der Waals surface area contributed by atoms with Crippen molar-refractivity contribution in [3.63, 3.8) is 0 Å². The molecule has 0 saturated carbocycles. The Bertz CT molecular complexity index is 875. The average molecular weight is 417 g/mol. The molecule has 0 spiro atoms. The second-order valence-corrected chi connectivity index (χ2v) is 6.98. The van der Waals surface area contributed by atoms with E-state index >= 15 is 0 Å². The minimum absolute atomic E-state index is 0.0457. The number of benzene rings is 2. The number of hydrogen-bond acceptors (Lipinski definition) is 2. The highest BCUT2D eigenvalue weighted by Crippen LogP contribution is 2.50. The van der Waals surface area contributed by atoms with Gasteiger partial charge in [0.05, 0.1) is 0 Å². The number of alkyl halides is 6. The lowest BCUT2D eigenvalue weighted by molar-refractivity contribution is -0.376. The molecule has 9 heteroatoms. The van der Waals surface area contributed by atoms with Gasteiger partial charge in [-0.1, -0.05) is 36.4 Å². The van der Waals surface area contributed by atoms with Gasteiger partial charge in [0.25, 0.3) is 5.60 Å². The van der Waals surface area contributed by atoms with Crippen LogP contribution in [0.4, 0.5) is 32.0 Å². The van der Waals surface area contributed by atoms with Crippen molar-refractivity contribution in [2.45, 2.75) is 37.2 Å². The van der Waals surface area contributed by atoms with Crippen LogP contribution in [0.1, 0.15) is 23.1 Å². The first-order valence-electron chi connectivity index (χ1n) is 8.77. The third kappa shape index (κ3) is 3.96. The minimum Gasteiger partial charge on any atom is -0.369 e. The molecule has 1 amide bonds. The zero-order valence-corrected chi connectivity index (χ0v) is 14.9. The highest BCUT2D eigenvalue weighted by molar-refractivity contribution is 5.92. The summed E-state index contributed by atoms with van der Waals surface area (Å²) in [6.07, 6.45) is -10.1. The molecule has 0 saturated heterocycles. The normalized spacial score (nSPS) is 17.6. The van der Waals surface area contributed by atoms with E-state index in [0.29, 0.717) is 31.4 Å². The molecule has 0 aliphatic heterocycles. The molecule has 0 aromatic heterocycles. The fourth-order valence-corrected chi connectivity index (χ4v) is 3.45. The lowest BCUT2D eigenvalue weighted by Gasteiger charge is -2.32. The Kier molecular flexibility index (Phi) is 5.38. The maximum atomic E-state index is 12.9. The largest absolute Gasteiger partial charge is 0.430 e. The summed E-state index contributed by atoms with van der Waals surface area (Å²) in [7, 11) is 0. The molecule has 0 bridgehead atoms. The topological polar surface area (TPSA) is 49.3 Å². The number of anilines is 1. The second kappa shape index (κ2) is 7.37. The predicted octanol–water partition coefficient (Wildman–Crippen LogP) is 4.74. The van der Waals surface area contributed by atoms with Gasteiger partial charge >= 0.3 is 12.4 Å². The molecule has 2 aromatic carbocycles. The number of carbonyl (C=O) groups excluding carboxylic acids is 1. The molecule has 1 atom stereocenters. The van der Waals surface area contributed by atoms with E-state index in [9.17, 15) is 36.2 Å². The Balaban J connectivity index is 1.75. The monoisotopic (exact) mass is 417 g/mol. The number of hydrogen-bond donors (Lipinski definition) is 2. The Morgan fingerprint density at radius 2 is 1.45 bits per heavy atom. The van der Waals surface area contributed by atoms with Crippen molar-refractivity contribution in [3.05, 3.63) is 65.2 Å². The third-order valence-corrected chi connectivity index (χ3v) is 5.11. The van der Waals surface area contributed by atoms with Gasteiger partial charge in [0.1, 0.15) is 0 Å². The number of halogens is 6. The van der Waals surface area contributed by atoms with E-state index < -0.39 is 23.5 Å². The molecule has 1 unspecified atom stereocenters. The van der Waals surface area contributed by atoms with Gasteiger partial charge in [-0.15, -0.1) is 0 Å². The number of aliphatic hydroxyl groups is 1. The smallest absolute Gasteiger partial charge is 0.369 e. The summed E-state index contributed by atoms with van der Waals surface area (Å²) < 4.78 is 77.5. The van der Waals surface area contributed by atoms with Gasteiger partial charge in [0.2, 0.25) is 5.91 Å². The fourth-order valence-electron chi connectivity index (χ4n) is 3.45. The summed E-state index contributed by atoms with van der Waals surface area (Å²) in [4.78, 5) is 12.5. The molecule has 0 radical (unpaired) electrons.